The number of anilines is 1. The molecule has 5 atom stereocenters. The Morgan fingerprint density at radius 2 is 1.94 bits per heavy atom. The Balaban J connectivity index is 1.75. The fourth-order valence-electron chi connectivity index (χ4n) is 3.70. The second-order valence-corrected chi connectivity index (χ2v) is 13.3. The second-order valence-electron chi connectivity index (χ2n) is 8.34. The number of fused-ring (bicyclic) bond motifs is 1. The third kappa shape index (κ3) is 7.44. The molecule has 15 nitrogen and oxygen atoms in total. The third-order valence-corrected chi connectivity index (χ3v) is 9.74. The smallest absolute Gasteiger partial charge is 0.412 e. The topological polar surface area (TPSA) is 226 Å². The van der Waals surface area contributed by atoms with Gasteiger partial charge in [0.1, 0.15) is 18.1 Å². The van der Waals surface area contributed by atoms with Crippen molar-refractivity contribution >= 4 is 49.6 Å². The van der Waals surface area contributed by atoms with Gasteiger partial charge in [0.25, 0.3) is 0 Å². The molecule has 0 spiro atoms. The summed E-state index contributed by atoms with van der Waals surface area (Å²) >= 11 is 6.00. The van der Waals surface area contributed by atoms with E-state index < -0.39 is 57.7 Å². The number of hydrogen-bond acceptors (Lipinski definition) is 10. The van der Waals surface area contributed by atoms with Crippen LogP contribution < -0.4 is 5.32 Å². The number of carbonyl (C=O) groups is 1. The average molecular weight is 572 g/mol. The standard InChI is InChI=1S/C18H28ClN5O10P2/c1-2-3-4-6-33-18(27)22-14-11-15(23-17(19)21-14)24(8-20-11)16-13(26)12(25)10(34-16)5-7-35(28,29)9-36(30,31)32/h8,10,12-13,16,25-26H,2-7,9H2,1H3,(H,28,29)(H2,30,31,32)(H,21,22,23,27). The highest BCUT2D eigenvalue weighted by atomic mass is 35.5. The van der Waals surface area contributed by atoms with Gasteiger partial charge in [-0.2, -0.15) is 9.97 Å². The predicted molar refractivity (Wildman–Crippen MR) is 127 cm³/mol. The van der Waals surface area contributed by atoms with Gasteiger partial charge in [-0.25, -0.2) is 9.78 Å². The molecule has 1 amide bonds. The first-order valence-electron chi connectivity index (χ1n) is 11.0. The van der Waals surface area contributed by atoms with Crippen LogP contribution in [0.25, 0.3) is 11.2 Å². The minimum Gasteiger partial charge on any atom is -0.449 e. The Kier molecular flexibility index (Phi) is 9.47. The summed E-state index contributed by atoms with van der Waals surface area (Å²) in [6.07, 6.45) is -3.18. The summed E-state index contributed by atoms with van der Waals surface area (Å²) in [5.74, 6) is -1.25. The Hall–Kier alpha value is -1.67. The first-order chi connectivity index (χ1) is 16.8. The van der Waals surface area contributed by atoms with Crippen molar-refractivity contribution in [3.05, 3.63) is 11.6 Å². The normalized spacial score (nSPS) is 24.1. The lowest BCUT2D eigenvalue weighted by atomic mass is 10.1. The number of rotatable bonds is 11. The van der Waals surface area contributed by atoms with E-state index in [0.717, 1.165) is 12.8 Å². The van der Waals surface area contributed by atoms with E-state index in [4.69, 9.17) is 30.9 Å². The van der Waals surface area contributed by atoms with Crippen molar-refractivity contribution in [2.45, 2.75) is 57.1 Å². The Morgan fingerprint density at radius 1 is 1.22 bits per heavy atom. The van der Waals surface area contributed by atoms with Crippen LogP contribution in [0.5, 0.6) is 0 Å². The van der Waals surface area contributed by atoms with Crippen molar-refractivity contribution in [3.8, 4) is 0 Å². The van der Waals surface area contributed by atoms with Crippen LogP contribution in [0.1, 0.15) is 38.8 Å². The number of nitrogens with zero attached hydrogens (tertiary/aromatic N) is 4. The van der Waals surface area contributed by atoms with Crippen molar-refractivity contribution in [3.63, 3.8) is 0 Å². The first kappa shape index (κ1) is 28.9. The fraction of sp³-hybridized carbons (Fsp3) is 0.667. The summed E-state index contributed by atoms with van der Waals surface area (Å²) in [4.78, 5) is 52.0. The Morgan fingerprint density at radius 3 is 2.61 bits per heavy atom. The lowest BCUT2D eigenvalue weighted by molar-refractivity contribution is -0.0354. The van der Waals surface area contributed by atoms with Crippen LogP contribution in [0, 0.1) is 0 Å². The molecule has 6 N–H and O–H groups in total. The van der Waals surface area contributed by atoms with E-state index in [1.165, 1.54) is 10.9 Å². The Labute approximate surface area is 210 Å². The monoisotopic (exact) mass is 571 g/mol. The number of aromatic nitrogens is 4. The lowest BCUT2D eigenvalue weighted by Gasteiger charge is -2.18. The summed E-state index contributed by atoms with van der Waals surface area (Å²) in [6, 6.07) is 0. The molecular formula is C18H28ClN5O10P2. The Bertz CT molecular complexity index is 1180. The highest BCUT2D eigenvalue weighted by Crippen LogP contribution is 2.55. The van der Waals surface area contributed by atoms with Crippen molar-refractivity contribution in [1.29, 1.82) is 0 Å². The molecular weight excluding hydrogens is 544 g/mol. The van der Waals surface area contributed by atoms with Crippen molar-refractivity contribution in [2.75, 3.05) is 24.0 Å². The molecule has 0 aromatic carbocycles. The van der Waals surface area contributed by atoms with Crippen LogP contribution >= 0.6 is 26.6 Å². The predicted octanol–water partition coefficient (Wildman–Crippen LogP) is 1.63. The van der Waals surface area contributed by atoms with Crippen LogP contribution in [0.2, 0.25) is 5.28 Å². The van der Waals surface area contributed by atoms with E-state index >= 15 is 0 Å². The van der Waals surface area contributed by atoms with Crippen LogP contribution in [-0.2, 0) is 18.6 Å². The maximum absolute atomic E-state index is 12.1. The largest absolute Gasteiger partial charge is 0.449 e. The minimum atomic E-state index is -4.73. The molecule has 3 heterocycles. The van der Waals surface area contributed by atoms with Gasteiger partial charge in [0.15, 0.2) is 23.2 Å². The molecule has 2 aromatic rings. The summed E-state index contributed by atoms with van der Waals surface area (Å²) in [5.41, 5.74) is 0.155. The molecule has 2 aromatic heterocycles. The average Bonchev–Trinajstić information content (AvgIpc) is 3.29. The SMILES string of the molecule is CCCCCOC(=O)Nc1nc(Cl)nc2c1ncn2C1OC(CCP(=O)(O)CP(=O)(O)O)C(O)C1O. The molecule has 0 radical (unpaired) electrons. The zero-order chi connectivity index (χ0) is 26.7. The number of ether oxygens (including phenoxy) is 2. The molecule has 3 rings (SSSR count). The highest BCUT2D eigenvalue weighted by Gasteiger charge is 2.45. The number of amides is 1. The number of hydrogen-bond donors (Lipinski definition) is 6. The van der Waals surface area contributed by atoms with E-state index in [1.54, 1.807) is 0 Å². The molecule has 5 unspecified atom stereocenters. The number of aliphatic hydroxyl groups excluding tert-OH is 2. The quantitative estimate of drug-likeness (QED) is 0.128. The maximum atomic E-state index is 12.1. The highest BCUT2D eigenvalue weighted by molar-refractivity contribution is 7.72. The molecule has 202 valence electrons. The number of unbranched alkanes of at least 4 members (excludes halogenated alkanes) is 2. The summed E-state index contributed by atoms with van der Waals surface area (Å²) in [5, 5.41) is 23.2. The zero-order valence-electron chi connectivity index (χ0n) is 19.2. The number of imidazole rings is 1. The number of nitrogens with one attached hydrogen (secondary N) is 1. The molecule has 0 saturated carbocycles. The maximum Gasteiger partial charge on any atom is 0.412 e. The van der Waals surface area contributed by atoms with Crippen molar-refractivity contribution in [2.24, 2.45) is 0 Å². The van der Waals surface area contributed by atoms with Gasteiger partial charge < -0.3 is 34.4 Å². The van der Waals surface area contributed by atoms with Gasteiger partial charge in [-0.1, -0.05) is 19.8 Å². The van der Waals surface area contributed by atoms with E-state index in [0.29, 0.717) is 6.42 Å². The number of aliphatic hydroxyl groups is 2. The molecule has 1 saturated heterocycles. The number of carbonyl (C=O) groups excluding carboxylic acids is 1. The van der Waals surface area contributed by atoms with Gasteiger partial charge in [-0.3, -0.25) is 19.0 Å². The van der Waals surface area contributed by atoms with Gasteiger partial charge in [0, 0.05) is 6.16 Å². The van der Waals surface area contributed by atoms with Gasteiger partial charge >= 0.3 is 13.7 Å². The van der Waals surface area contributed by atoms with Crippen LogP contribution in [0.3, 0.4) is 0 Å². The first-order valence-corrected chi connectivity index (χ1v) is 15.2. The number of halogens is 1. The summed E-state index contributed by atoms with van der Waals surface area (Å²) in [7, 11) is -8.94. The molecule has 1 aliphatic rings. The van der Waals surface area contributed by atoms with Crippen LogP contribution in [0.15, 0.2) is 6.33 Å². The molecule has 0 aliphatic carbocycles. The van der Waals surface area contributed by atoms with Gasteiger partial charge in [-0.15, -0.1) is 0 Å². The molecule has 0 bridgehead atoms. The van der Waals surface area contributed by atoms with E-state index in [2.05, 4.69) is 20.3 Å². The fourth-order valence-corrected chi connectivity index (χ4v) is 7.39. The second kappa shape index (κ2) is 11.8. The molecule has 18 heteroatoms. The van der Waals surface area contributed by atoms with Crippen LogP contribution in [0.4, 0.5) is 10.6 Å². The third-order valence-electron chi connectivity index (χ3n) is 5.38. The van der Waals surface area contributed by atoms with Crippen molar-refractivity contribution < 1.29 is 48.3 Å². The summed E-state index contributed by atoms with van der Waals surface area (Å²) < 4.78 is 35.2. The minimum absolute atomic E-state index is 0.0486. The van der Waals surface area contributed by atoms with Crippen LogP contribution in [-0.4, -0.2) is 87.5 Å². The molecule has 36 heavy (non-hydrogen) atoms. The van der Waals surface area contributed by atoms with Gasteiger partial charge in [-0.05, 0) is 24.4 Å². The molecule has 1 fully saturated rings. The van der Waals surface area contributed by atoms with E-state index in [-0.39, 0.29) is 35.3 Å². The van der Waals surface area contributed by atoms with E-state index in [9.17, 15) is 29.0 Å². The van der Waals surface area contributed by atoms with Gasteiger partial charge in [0.05, 0.1) is 19.0 Å². The summed E-state index contributed by atoms with van der Waals surface area (Å²) in [6.45, 7) is 2.23. The van der Waals surface area contributed by atoms with E-state index in [1.807, 2.05) is 6.92 Å². The molecule has 1 aliphatic heterocycles. The van der Waals surface area contributed by atoms with Crippen molar-refractivity contribution in [1.82, 2.24) is 19.5 Å². The zero-order valence-corrected chi connectivity index (χ0v) is 21.7. The van der Waals surface area contributed by atoms with Gasteiger partial charge in [0.2, 0.25) is 12.7 Å². The lowest BCUT2D eigenvalue weighted by Crippen LogP contribution is -2.32.